The Hall–Kier alpha value is -2.25. The third kappa shape index (κ3) is 3.26. The van der Waals surface area contributed by atoms with Gasteiger partial charge in [0.25, 0.3) is 5.56 Å². The molecule has 0 aliphatic heterocycles. The van der Waals surface area contributed by atoms with Crippen molar-refractivity contribution in [3.8, 4) is 0 Å². The highest BCUT2D eigenvalue weighted by Gasteiger charge is 2.23. The van der Waals surface area contributed by atoms with E-state index < -0.39 is 0 Å². The fourth-order valence-electron chi connectivity index (χ4n) is 3.71. The quantitative estimate of drug-likeness (QED) is 0.675. The second-order valence-electron chi connectivity index (χ2n) is 6.84. The number of hydrogen-bond acceptors (Lipinski definition) is 4. The number of thiophene rings is 1. The molecule has 0 amide bonds. The predicted molar refractivity (Wildman–Crippen MR) is 104 cm³/mol. The predicted octanol–water partition coefficient (Wildman–Crippen LogP) is 2.94. The second kappa shape index (κ2) is 7.40. The summed E-state index contributed by atoms with van der Waals surface area (Å²) in [7, 11) is 1.55. The van der Waals surface area contributed by atoms with Gasteiger partial charge in [-0.3, -0.25) is 13.9 Å². The van der Waals surface area contributed by atoms with Crippen molar-refractivity contribution in [1.82, 2.24) is 9.13 Å². The molecule has 1 aromatic carbocycles. The van der Waals surface area contributed by atoms with E-state index in [4.69, 9.17) is 4.74 Å². The van der Waals surface area contributed by atoms with Crippen LogP contribution in [0.15, 0.2) is 33.9 Å². The average molecular weight is 388 g/mol. The molecule has 27 heavy (non-hydrogen) atoms. The van der Waals surface area contributed by atoms with Crippen LogP contribution >= 0.6 is 11.3 Å². The third-order valence-corrected chi connectivity index (χ3v) is 6.41. The van der Waals surface area contributed by atoms with Gasteiger partial charge in [-0.05, 0) is 48.9 Å². The van der Waals surface area contributed by atoms with Crippen LogP contribution in [-0.4, -0.2) is 22.9 Å². The summed E-state index contributed by atoms with van der Waals surface area (Å²) in [6.07, 6.45) is 4.01. The number of hydrogen-bond donors (Lipinski definition) is 0. The lowest BCUT2D eigenvalue weighted by molar-refractivity contribution is 0.184. The van der Waals surface area contributed by atoms with E-state index in [-0.39, 0.29) is 23.6 Å². The van der Waals surface area contributed by atoms with Gasteiger partial charge in [0.05, 0.1) is 25.1 Å². The maximum Gasteiger partial charge on any atom is 0.332 e. The minimum Gasteiger partial charge on any atom is -0.383 e. The van der Waals surface area contributed by atoms with E-state index in [9.17, 15) is 14.0 Å². The summed E-state index contributed by atoms with van der Waals surface area (Å²) in [5.74, 6) is -0.312. The zero-order valence-electron chi connectivity index (χ0n) is 15.2. The third-order valence-electron chi connectivity index (χ3n) is 5.09. The molecule has 1 aliphatic rings. The maximum atomic E-state index is 13.2. The molecule has 4 rings (SSSR count). The number of methoxy groups -OCH3 is 1. The molecule has 3 aromatic rings. The minimum atomic E-state index is -0.340. The van der Waals surface area contributed by atoms with Gasteiger partial charge in [-0.2, -0.15) is 0 Å². The molecule has 0 atom stereocenters. The number of aryl methyl sites for hydroxylation is 2. The molecule has 2 aromatic heterocycles. The van der Waals surface area contributed by atoms with Crippen molar-refractivity contribution in [3.63, 3.8) is 0 Å². The Kier molecular flexibility index (Phi) is 4.97. The first kappa shape index (κ1) is 18.1. The summed E-state index contributed by atoms with van der Waals surface area (Å²) in [5, 5.41) is 0.674. The Morgan fingerprint density at radius 2 is 1.85 bits per heavy atom. The van der Waals surface area contributed by atoms with E-state index in [1.165, 1.54) is 21.6 Å². The lowest BCUT2D eigenvalue weighted by Gasteiger charge is -2.13. The molecule has 0 spiro atoms. The number of nitrogens with zero attached hydrogens (tertiary/aromatic N) is 2. The maximum absolute atomic E-state index is 13.2. The molecule has 0 saturated heterocycles. The van der Waals surface area contributed by atoms with Gasteiger partial charge in [0.2, 0.25) is 0 Å². The number of benzene rings is 1. The van der Waals surface area contributed by atoms with E-state index in [0.717, 1.165) is 41.6 Å². The second-order valence-corrected chi connectivity index (χ2v) is 7.92. The molecule has 0 radical (unpaired) electrons. The number of halogens is 1. The summed E-state index contributed by atoms with van der Waals surface area (Å²) >= 11 is 1.55. The molecular formula is C20H21FN2O3S. The van der Waals surface area contributed by atoms with E-state index in [2.05, 4.69) is 0 Å². The SMILES string of the molecule is COCCn1c(=O)c2c3c(sc2n(Cc2ccc(F)cc2)c1=O)CCCC3. The van der Waals surface area contributed by atoms with Crippen molar-refractivity contribution in [2.45, 2.75) is 38.8 Å². The van der Waals surface area contributed by atoms with Crippen LogP contribution in [0.1, 0.15) is 28.8 Å². The van der Waals surface area contributed by atoms with Gasteiger partial charge in [0, 0.05) is 12.0 Å². The largest absolute Gasteiger partial charge is 0.383 e. The number of fused-ring (bicyclic) bond motifs is 3. The van der Waals surface area contributed by atoms with E-state index in [1.807, 2.05) is 0 Å². The zero-order valence-corrected chi connectivity index (χ0v) is 16.0. The van der Waals surface area contributed by atoms with Crippen LogP contribution in [0.25, 0.3) is 10.2 Å². The lowest BCUT2D eigenvalue weighted by atomic mass is 9.97. The average Bonchev–Trinajstić information content (AvgIpc) is 3.06. The summed E-state index contributed by atoms with van der Waals surface area (Å²) in [6, 6.07) is 6.12. The molecule has 0 bridgehead atoms. The smallest absolute Gasteiger partial charge is 0.332 e. The Bertz CT molecular complexity index is 1100. The van der Waals surface area contributed by atoms with Crippen LogP contribution in [0, 0.1) is 5.82 Å². The topological polar surface area (TPSA) is 53.2 Å². The van der Waals surface area contributed by atoms with Gasteiger partial charge in [-0.25, -0.2) is 9.18 Å². The molecule has 1 aliphatic carbocycles. The first-order valence-corrected chi connectivity index (χ1v) is 9.93. The summed E-state index contributed by atoms with van der Waals surface area (Å²) in [4.78, 5) is 28.1. The molecule has 0 N–H and O–H groups in total. The standard InChI is InChI=1S/C20H21FN2O3S/c1-26-11-10-22-18(24)17-15-4-2-3-5-16(15)27-19(17)23(20(22)25)12-13-6-8-14(21)9-7-13/h6-9H,2-5,10-12H2,1H3. The highest BCUT2D eigenvalue weighted by Crippen LogP contribution is 2.34. The molecular weight excluding hydrogens is 367 g/mol. The molecule has 142 valence electrons. The molecule has 0 saturated carbocycles. The van der Waals surface area contributed by atoms with Crippen molar-refractivity contribution >= 4 is 21.6 Å². The van der Waals surface area contributed by atoms with Crippen LogP contribution in [0.2, 0.25) is 0 Å². The van der Waals surface area contributed by atoms with Crippen molar-refractivity contribution in [2.24, 2.45) is 0 Å². The van der Waals surface area contributed by atoms with Gasteiger partial charge in [-0.15, -0.1) is 11.3 Å². The summed E-state index contributed by atoms with van der Waals surface area (Å²) in [5.41, 5.74) is 1.36. The number of rotatable bonds is 5. The molecule has 7 heteroatoms. The van der Waals surface area contributed by atoms with Crippen molar-refractivity contribution in [1.29, 1.82) is 0 Å². The first-order valence-electron chi connectivity index (χ1n) is 9.11. The molecule has 2 heterocycles. The fraction of sp³-hybridized carbons (Fsp3) is 0.400. The first-order chi connectivity index (χ1) is 13.1. The Labute approximate surface area is 159 Å². The molecule has 5 nitrogen and oxygen atoms in total. The van der Waals surface area contributed by atoms with Crippen molar-refractivity contribution < 1.29 is 9.13 Å². The van der Waals surface area contributed by atoms with Gasteiger partial charge in [0.15, 0.2) is 0 Å². The minimum absolute atomic E-state index is 0.220. The highest BCUT2D eigenvalue weighted by molar-refractivity contribution is 7.18. The van der Waals surface area contributed by atoms with Crippen LogP contribution < -0.4 is 11.2 Å². The Balaban J connectivity index is 1.95. The fourth-order valence-corrected chi connectivity index (χ4v) is 5.08. The van der Waals surface area contributed by atoms with Gasteiger partial charge in [-0.1, -0.05) is 12.1 Å². The van der Waals surface area contributed by atoms with Crippen LogP contribution in [0.3, 0.4) is 0 Å². The van der Waals surface area contributed by atoms with Gasteiger partial charge in [0.1, 0.15) is 10.6 Å². The lowest BCUT2D eigenvalue weighted by Crippen LogP contribution is -2.41. The summed E-state index contributed by atoms with van der Waals surface area (Å²) in [6.45, 7) is 0.823. The van der Waals surface area contributed by atoms with Crippen LogP contribution in [-0.2, 0) is 30.7 Å². The molecule has 0 fully saturated rings. The Morgan fingerprint density at radius 1 is 1.11 bits per heavy atom. The number of ether oxygens (including phenoxy) is 1. The van der Waals surface area contributed by atoms with E-state index in [0.29, 0.717) is 18.5 Å². The molecule has 0 unspecified atom stereocenters. The highest BCUT2D eigenvalue weighted by atomic mass is 32.1. The van der Waals surface area contributed by atoms with Gasteiger partial charge < -0.3 is 4.74 Å². The number of aromatic nitrogens is 2. The Morgan fingerprint density at radius 3 is 2.59 bits per heavy atom. The van der Waals surface area contributed by atoms with Crippen LogP contribution in [0.5, 0.6) is 0 Å². The normalized spacial score (nSPS) is 13.9. The van der Waals surface area contributed by atoms with Gasteiger partial charge >= 0.3 is 5.69 Å². The zero-order chi connectivity index (χ0) is 19.0. The van der Waals surface area contributed by atoms with Crippen LogP contribution in [0.4, 0.5) is 4.39 Å². The summed E-state index contributed by atoms with van der Waals surface area (Å²) < 4.78 is 21.3. The van der Waals surface area contributed by atoms with E-state index >= 15 is 0 Å². The van der Waals surface area contributed by atoms with Crippen molar-refractivity contribution in [3.05, 3.63) is 66.9 Å². The van der Waals surface area contributed by atoms with E-state index in [1.54, 1.807) is 35.1 Å². The van der Waals surface area contributed by atoms with Crippen molar-refractivity contribution in [2.75, 3.05) is 13.7 Å². The monoisotopic (exact) mass is 388 g/mol.